The van der Waals surface area contributed by atoms with Gasteiger partial charge in [-0.05, 0) is 6.07 Å². The van der Waals surface area contributed by atoms with E-state index in [1.165, 1.54) is 15.9 Å². The molecule has 2 aromatic heterocycles. The van der Waals surface area contributed by atoms with E-state index in [1.807, 2.05) is 0 Å². The van der Waals surface area contributed by atoms with Crippen molar-refractivity contribution in [3.63, 3.8) is 0 Å². The van der Waals surface area contributed by atoms with Gasteiger partial charge in [0.15, 0.2) is 59.3 Å². The number of nitrogens with zero attached hydrogens (tertiary/aromatic N) is 3. The Kier molecular flexibility index (Phi) is 15.9. The molecule has 0 N–H and O–H groups in total. The quantitative estimate of drug-likeness (QED) is 0.166. The van der Waals surface area contributed by atoms with E-state index in [4.69, 9.17) is 59.0 Å². The number of thiophene rings is 1. The second-order valence-electron chi connectivity index (χ2n) is 13.7. The van der Waals surface area contributed by atoms with Crippen LogP contribution in [0.3, 0.4) is 0 Å². The summed E-state index contributed by atoms with van der Waals surface area (Å²) < 4.78 is 59.3. The maximum atomic E-state index is 12.9. The molecule has 0 amide bonds. The minimum absolute atomic E-state index is 0.0229. The predicted octanol–water partition coefficient (Wildman–Crippen LogP) is 3.24. The largest absolute Gasteiger partial charge is 0.463 e. The van der Waals surface area contributed by atoms with Gasteiger partial charge in [0, 0.05) is 65.5 Å². The highest BCUT2D eigenvalue weighted by Gasteiger charge is 2.56. The van der Waals surface area contributed by atoms with E-state index >= 15 is 0 Å². The number of carbonyl (C=O) groups is 8. The van der Waals surface area contributed by atoms with Crippen molar-refractivity contribution in [3.8, 4) is 10.7 Å². The van der Waals surface area contributed by atoms with E-state index in [2.05, 4.69) is 10.2 Å². The first-order valence-electron chi connectivity index (χ1n) is 18.7. The van der Waals surface area contributed by atoms with Crippen LogP contribution in [0.5, 0.6) is 0 Å². The Morgan fingerprint density at radius 3 is 1.56 bits per heavy atom. The molecule has 2 aliphatic rings. The summed E-state index contributed by atoms with van der Waals surface area (Å²) in [6.45, 7) is 7.55. The molecule has 0 bridgehead atoms. The number of rotatable bonds is 14. The zero-order chi connectivity index (χ0) is 45.6. The molecule has 4 heterocycles. The first-order chi connectivity index (χ1) is 29.2. The van der Waals surface area contributed by atoms with Gasteiger partial charge in [-0.25, -0.2) is 0 Å². The summed E-state index contributed by atoms with van der Waals surface area (Å²) in [5.41, 5.74) is -1.46. The number of carbonyl (C=O) groups excluding carboxylic acids is 8. The standard InChI is InChI=1S/C38H42ClN3O18S2/c1-15(43)51-13-24-28(53-17(3)45)30(55-19(5)47)32(57-21(7)49)36(59-24)42-35(34-27(39)23-11-9-10-12-26(23)61-34)40-41-38(42)62-37-33(58-22(8)50)31(56-20(6)48)29(54-18(4)46)25(60-37)14-52-16(2)44/h9-12,24-25,28-33,36-37H,13-14H2,1-8H3/t24-,25-,28-,29-,30+,31+,32-,33-,36-,37+/m1/s1. The maximum absolute atomic E-state index is 12.9. The summed E-state index contributed by atoms with van der Waals surface area (Å²) >= 11 is 8.89. The molecule has 0 aliphatic carbocycles. The van der Waals surface area contributed by atoms with E-state index in [-0.39, 0.29) is 16.0 Å². The van der Waals surface area contributed by atoms with Gasteiger partial charge in [0.05, 0.1) is 9.90 Å². The van der Waals surface area contributed by atoms with Crippen LogP contribution in [0.1, 0.15) is 61.6 Å². The van der Waals surface area contributed by atoms with Gasteiger partial charge in [-0.15, -0.1) is 21.5 Å². The molecule has 0 unspecified atom stereocenters. The van der Waals surface area contributed by atoms with Crippen molar-refractivity contribution in [1.82, 2.24) is 14.8 Å². The number of esters is 8. The van der Waals surface area contributed by atoms with Crippen LogP contribution >= 0.6 is 34.7 Å². The smallest absolute Gasteiger partial charge is 0.303 e. The molecule has 3 aromatic rings. The predicted molar refractivity (Wildman–Crippen MR) is 211 cm³/mol. The lowest BCUT2D eigenvalue weighted by Gasteiger charge is -2.45. The van der Waals surface area contributed by atoms with Crippen LogP contribution < -0.4 is 0 Å². The van der Waals surface area contributed by atoms with Crippen molar-refractivity contribution in [1.29, 1.82) is 0 Å². The topological polar surface area (TPSA) is 260 Å². The third-order valence-electron chi connectivity index (χ3n) is 8.79. The first-order valence-corrected chi connectivity index (χ1v) is 20.7. The average Bonchev–Trinajstić information content (AvgIpc) is 3.72. The molecule has 2 saturated heterocycles. The normalized spacial score (nSPS) is 25.8. The fourth-order valence-electron chi connectivity index (χ4n) is 6.70. The number of ether oxygens (including phenoxy) is 10. The number of thioether (sulfide) groups is 1. The fourth-order valence-corrected chi connectivity index (χ4v) is 9.34. The van der Waals surface area contributed by atoms with Crippen molar-refractivity contribution in [3.05, 3.63) is 29.3 Å². The van der Waals surface area contributed by atoms with E-state index < -0.39 is 121 Å². The fraction of sp³-hybridized carbons (Fsp3) is 0.526. The molecular formula is C38H42ClN3O18S2. The van der Waals surface area contributed by atoms with Gasteiger partial charge in [0.1, 0.15) is 25.4 Å². The number of aromatic nitrogens is 3. The van der Waals surface area contributed by atoms with Crippen molar-refractivity contribution in [2.75, 3.05) is 13.2 Å². The Morgan fingerprint density at radius 2 is 1.06 bits per heavy atom. The van der Waals surface area contributed by atoms with Crippen LogP contribution in [-0.4, -0.2) is 130 Å². The molecule has 336 valence electrons. The van der Waals surface area contributed by atoms with E-state index in [1.54, 1.807) is 24.3 Å². The van der Waals surface area contributed by atoms with Crippen LogP contribution in [0.2, 0.25) is 5.02 Å². The van der Waals surface area contributed by atoms with E-state index in [0.717, 1.165) is 60.1 Å². The number of hydrogen-bond donors (Lipinski definition) is 0. The zero-order valence-corrected chi connectivity index (χ0v) is 36.8. The summed E-state index contributed by atoms with van der Waals surface area (Å²) in [6.07, 6.45) is -13.9. The molecular weight excluding hydrogens is 886 g/mol. The highest BCUT2D eigenvalue weighted by atomic mass is 35.5. The lowest BCUT2D eigenvalue weighted by Crippen LogP contribution is -2.61. The summed E-state index contributed by atoms with van der Waals surface area (Å²) in [5, 5.41) is 9.58. The van der Waals surface area contributed by atoms with Crippen LogP contribution in [0.4, 0.5) is 0 Å². The zero-order valence-electron chi connectivity index (χ0n) is 34.4. The van der Waals surface area contributed by atoms with E-state index in [9.17, 15) is 38.4 Å². The Hall–Kier alpha value is -5.36. The van der Waals surface area contributed by atoms with Crippen LogP contribution in [0.15, 0.2) is 29.4 Å². The number of halogens is 1. The molecule has 1 aromatic carbocycles. The van der Waals surface area contributed by atoms with Crippen molar-refractivity contribution >= 4 is 92.5 Å². The molecule has 2 aliphatic heterocycles. The first kappa shape index (κ1) is 47.7. The second-order valence-corrected chi connectivity index (χ2v) is 16.2. The third-order valence-corrected chi connectivity index (χ3v) is 11.6. The Balaban J connectivity index is 1.77. The molecule has 24 heteroatoms. The number of fused-ring (bicyclic) bond motifs is 1. The molecule has 0 radical (unpaired) electrons. The maximum Gasteiger partial charge on any atom is 0.303 e. The summed E-state index contributed by atoms with van der Waals surface area (Å²) in [5.74, 6) is -6.74. The van der Waals surface area contributed by atoms with Gasteiger partial charge >= 0.3 is 47.8 Å². The lowest BCUT2D eigenvalue weighted by atomic mass is 9.97. The molecule has 21 nitrogen and oxygen atoms in total. The van der Waals surface area contributed by atoms with Gasteiger partial charge in [0.2, 0.25) is 0 Å². The lowest BCUT2D eigenvalue weighted by molar-refractivity contribution is -0.269. The molecule has 62 heavy (non-hydrogen) atoms. The van der Waals surface area contributed by atoms with Crippen LogP contribution in [0.25, 0.3) is 20.8 Å². The van der Waals surface area contributed by atoms with Crippen molar-refractivity contribution in [2.24, 2.45) is 0 Å². The average molecular weight is 928 g/mol. The van der Waals surface area contributed by atoms with Crippen molar-refractivity contribution < 1.29 is 85.7 Å². The van der Waals surface area contributed by atoms with Gasteiger partial charge in [-0.2, -0.15) is 0 Å². The SMILES string of the molecule is CC(=O)OC[C@H]1O[C@@H](n2c(S[C@@H]3O[C@H](COC(C)=O)[C@@H](OC(C)=O)[C@H](OC(C)=O)[C@H]3OC(C)=O)nnc2-c2sc3ccccc3c2Cl)[C@H](OC(C)=O)[C@@H](OC(C)=O)[C@@H]1OC(C)=O. The summed E-state index contributed by atoms with van der Waals surface area (Å²) in [4.78, 5) is 100. The minimum Gasteiger partial charge on any atom is -0.463 e. The summed E-state index contributed by atoms with van der Waals surface area (Å²) in [7, 11) is 0. The number of benzene rings is 1. The molecule has 10 atom stereocenters. The monoisotopic (exact) mass is 927 g/mol. The van der Waals surface area contributed by atoms with Gasteiger partial charge in [-0.1, -0.05) is 41.6 Å². The molecule has 5 rings (SSSR count). The van der Waals surface area contributed by atoms with Gasteiger partial charge in [0.25, 0.3) is 0 Å². The Labute approximate surface area is 366 Å². The Morgan fingerprint density at radius 1 is 0.613 bits per heavy atom. The third kappa shape index (κ3) is 11.6. The van der Waals surface area contributed by atoms with Crippen LogP contribution in [-0.2, 0) is 85.7 Å². The Bertz CT molecular complexity index is 2210. The molecule has 2 fully saturated rings. The highest BCUT2D eigenvalue weighted by molar-refractivity contribution is 7.99. The minimum atomic E-state index is -1.67. The molecule has 0 saturated carbocycles. The van der Waals surface area contributed by atoms with Gasteiger partial charge in [-0.3, -0.25) is 42.9 Å². The van der Waals surface area contributed by atoms with E-state index in [0.29, 0.717) is 22.0 Å². The second kappa shape index (κ2) is 20.7. The molecule has 0 spiro atoms. The highest BCUT2D eigenvalue weighted by Crippen LogP contribution is 2.47. The van der Waals surface area contributed by atoms with Crippen molar-refractivity contribution in [2.45, 2.75) is 121 Å². The van der Waals surface area contributed by atoms with Gasteiger partial charge < -0.3 is 47.4 Å². The van der Waals surface area contributed by atoms with Crippen LogP contribution in [0, 0.1) is 0 Å². The number of hydrogen-bond acceptors (Lipinski definition) is 22. The summed E-state index contributed by atoms with van der Waals surface area (Å²) in [6, 6.07) is 7.12.